The summed E-state index contributed by atoms with van der Waals surface area (Å²) in [6, 6.07) is 0. The molecule has 1 aromatic heterocycles. The molecule has 90 valence electrons. The number of hydrogen-bond donors (Lipinski definition) is 4. The van der Waals surface area contributed by atoms with E-state index in [9.17, 15) is 15.0 Å². The molecule has 8 heteroatoms. The lowest BCUT2D eigenvalue weighted by Gasteiger charge is -2.13. The van der Waals surface area contributed by atoms with E-state index in [-0.39, 0.29) is 0 Å². The number of hydrogen-bond acceptors (Lipinski definition) is 6. The minimum atomic E-state index is -1.29. The third kappa shape index (κ3) is 1.65. The molecule has 0 aliphatic carbocycles. The van der Waals surface area contributed by atoms with Gasteiger partial charge in [-0.1, -0.05) is 0 Å². The summed E-state index contributed by atoms with van der Waals surface area (Å²) in [6.45, 7) is 1.14. The van der Waals surface area contributed by atoms with Crippen LogP contribution in [0, 0.1) is 6.92 Å². The molecule has 1 fully saturated rings. The molecular weight excluding hydrogens is 218 g/mol. The Bertz CT molecular complexity index is 428. The highest BCUT2D eigenvalue weighted by Gasteiger charge is 2.44. The van der Waals surface area contributed by atoms with Gasteiger partial charge in [0.2, 0.25) is 0 Å². The van der Waals surface area contributed by atoms with E-state index in [1.54, 1.807) is 6.92 Å². The molecule has 2 rings (SSSR count). The number of nitrogens with zero attached hydrogens (tertiary/aromatic N) is 2. The van der Waals surface area contributed by atoms with Gasteiger partial charge in [0.25, 0.3) is 0 Å². The summed E-state index contributed by atoms with van der Waals surface area (Å²) in [4.78, 5) is 13.8. The first-order valence-electron chi connectivity index (χ1n) is 4.82. The Morgan fingerprint density at radius 2 is 2.19 bits per heavy atom. The fourth-order valence-electron chi connectivity index (χ4n) is 1.70. The highest BCUT2D eigenvalue weighted by atomic mass is 16.6. The van der Waals surface area contributed by atoms with Crippen LogP contribution in [0.25, 0.3) is 0 Å². The van der Waals surface area contributed by atoms with Gasteiger partial charge in [-0.2, -0.15) is 9.78 Å². The lowest BCUT2D eigenvalue weighted by atomic mass is 10.1. The molecule has 0 bridgehead atoms. The van der Waals surface area contributed by atoms with E-state index in [0.29, 0.717) is 5.82 Å². The summed E-state index contributed by atoms with van der Waals surface area (Å²) in [5, 5.41) is 31.8. The minimum Gasteiger partial charge on any atom is -0.394 e. The molecule has 0 unspecified atom stereocenters. The van der Waals surface area contributed by atoms with Crippen LogP contribution in [0.4, 0.5) is 0 Å². The van der Waals surface area contributed by atoms with Gasteiger partial charge in [0.15, 0.2) is 6.23 Å². The smallest absolute Gasteiger partial charge is 0.345 e. The van der Waals surface area contributed by atoms with Crippen molar-refractivity contribution in [2.75, 3.05) is 6.61 Å². The number of nitrogens with one attached hydrogen (secondary N) is 1. The summed E-state index contributed by atoms with van der Waals surface area (Å²) < 4.78 is 6.06. The first kappa shape index (κ1) is 11.3. The lowest BCUT2D eigenvalue weighted by Crippen LogP contribution is -2.35. The second-order valence-electron chi connectivity index (χ2n) is 3.69. The van der Waals surface area contributed by atoms with Crippen LogP contribution < -0.4 is 5.69 Å². The Balaban J connectivity index is 2.29. The molecule has 4 N–H and O–H groups in total. The lowest BCUT2D eigenvalue weighted by molar-refractivity contribution is -0.0604. The molecule has 0 spiro atoms. The van der Waals surface area contributed by atoms with Gasteiger partial charge >= 0.3 is 5.69 Å². The largest absolute Gasteiger partial charge is 0.394 e. The zero-order chi connectivity index (χ0) is 11.9. The molecule has 1 aliphatic heterocycles. The maximum absolute atomic E-state index is 11.4. The summed E-state index contributed by atoms with van der Waals surface area (Å²) in [7, 11) is 0. The summed E-state index contributed by atoms with van der Waals surface area (Å²) in [5.41, 5.74) is -0.535. The van der Waals surface area contributed by atoms with E-state index < -0.39 is 36.8 Å². The summed E-state index contributed by atoms with van der Waals surface area (Å²) >= 11 is 0. The van der Waals surface area contributed by atoms with Crippen LogP contribution in [-0.4, -0.2) is 55.0 Å². The van der Waals surface area contributed by atoms with Crippen molar-refractivity contribution in [3.8, 4) is 0 Å². The normalized spacial score (nSPS) is 34.5. The van der Waals surface area contributed by atoms with Crippen molar-refractivity contribution in [2.45, 2.75) is 31.5 Å². The minimum absolute atomic E-state index is 0.378. The van der Waals surface area contributed by atoms with Gasteiger partial charge in [0.05, 0.1) is 6.61 Å². The average Bonchev–Trinajstić information content (AvgIpc) is 2.70. The van der Waals surface area contributed by atoms with Gasteiger partial charge in [-0.25, -0.2) is 4.79 Å². The van der Waals surface area contributed by atoms with Gasteiger partial charge in [-0.05, 0) is 6.92 Å². The van der Waals surface area contributed by atoms with Crippen molar-refractivity contribution in [3.05, 3.63) is 16.3 Å². The molecule has 0 amide bonds. The SMILES string of the molecule is Cc1nn([C@@H]2O[C@H](CO)[C@@H](O)[C@H]2O)c(=O)[nH]1. The Kier molecular flexibility index (Phi) is 2.80. The third-order valence-electron chi connectivity index (χ3n) is 2.51. The topological polar surface area (TPSA) is 121 Å². The second kappa shape index (κ2) is 3.98. The Morgan fingerprint density at radius 3 is 2.62 bits per heavy atom. The predicted molar refractivity (Wildman–Crippen MR) is 50.6 cm³/mol. The molecule has 8 nitrogen and oxygen atoms in total. The van der Waals surface area contributed by atoms with Gasteiger partial charge in [0, 0.05) is 0 Å². The van der Waals surface area contributed by atoms with E-state index in [0.717, 1.165) is 4.68 Å². The van der Waals surface area contributed by atoms with Crippen LogP contribution in [0.3, 0.4) is 0 Å². The van der Waals surface area contributed by atoms with Gasteiger partial charge in [0.1, 0.15) is 24.1 Å². The van der Waals surface area contributed by atoms with Crippen molar-refractivity contribution in [3.63, 3.8) is 0 Å². The van der Waals surface area contributed by atoms with Gasteiger partial charge in [-0.3, -0.25) is 4.98 Å². The number of aliphatic hydroxyl groups is 3. The maximum Gasteiger partial charge on any atom is 0.345 e. The van der Waals surface area contributed by atoms with Crippen molar-refractivity contribution in [1.82, 2.24) is 14.8 Å². The quantitative estimate of drug-likeness (QED) is 0.446. The zero-order valence-electron chi connectivity index (χ0n) is 8.57. The summed E-state index contributed by atoms with van der Waals surface area (Å²) in [6.07, 6.45) is -4.52. The average molecular weight is 231 g/mol. The van der Waals surface area contributed by atoms with E-state index in [4.69, 9.17) is 9.84 Å². The molecule has 2 heterocycles. The first-order chi connectivity index (χ1) is 7.54. The number of aryl methyl sites for hydroxylation is 1. The molecule has 1 aliphatic rings. The number of aromatic amines is 1. The summed E-state index contributed by atoms with van der Waals surface area (Å²) in [5.74, 6) is 0.378. The number of aromatic nitrogens is 3. The maximum atomic E-state index is 11.4. The fraction of sp³-hybridized carbons (Fsp3) is 0.750. The van der Waals surface area contributed by atoms with Crippen molar-refractivity contribution in [1.29, 1.82) is 0 Å². The van der Waals surface area contributed by atoms with Crippen LogP contribution in [0.1, 0.15) is 12.1 Å². The monoisotopic (exact) mass is 231 g/mol. The molecule has 0 radical (unpaired) electrons. The van der Waals surface area contributed by atoms with E-state index in [2.05, 4.69) is 10.1 Å². The van der Waals surface area contributed by atoms with Crippen LogP contribution in [0.2, 0.25) is 0 Å². The highest BCUT2D eigenvalue weighted by molar-refractivity contribution is 4.90. The van der Waals surface area contributed by atoms with Crippen LogP contribution in [-0.2, 0) is 4.74 Å². The molecular formula is C8H13N3O5. The first-order valence-corrected chi connectivity index (χ1v) is 4.82. The Morgan fingerprint density at radius 1 is 1.50 bits per heavy atom. The molecule has 0 saturated carbocycles. The third-order valence-corrected chi connectivity index (χ3v) is 2.51. The van der Waals surface area contributed by atoms with Crippen LogP contribution >= 0.6 is 0 Å². The van der Waals surface area contributed by atoms with Crippen LogP contribution in [0.15, 0.2) is 4.79 Å². The molecule has 0 aromatic carbocycles. The molecule has 1 saturated heterocycles. The van der Waals surface area contributed by atoms with Crippen molar-refractivity contribution < 1.29 is 20.1 Å². The van der Waals surface area contributed by atoms with Gasteiger partial charge in [-0.15, -0.1) is 0 Å². The Labute approximate surface area is 90.1 Å². The van der Waals surface area contributed by atoms with Crippen LogP contribution in [0.5, 0.6) is 0 Å². The number of H-pyrrole nitrogens is 1. The Hall–Kier alpha value is -1.22. The van der Waals surface area contributed by atoms with Crippen molar-refractivity contribution >= 4 is 0 Å². The number of rotatable bonds is 2. The number of aliphatic hydroxyl groups excluding tert-OH is 3. The van der Waals surface area contributed by atoms with E-state index in [1.807, 2.05) is 0 Å². The second-order valence-corrected chi connectivity index (χ2v) is 3.69. The van der Waals surface area contributed by atoms with Crippen molar-refractivity contribution in [2.24, 2.45) is 0 Å². The van der Waals surface area contributed by atoms with E-state index in [1.165, 1.54) is 0 Å². The predicted octanol–water partition coefficient (Wildman–Crippen LogP) is -2.51. The molecule has 4 atom stereocenters. The fourth-order valence-corrected chi connectivity index (χ4v) is 1.70. The highest BCUT2D eigenvalue weighted by Crippen LogP contribution is 2.27. The zero-order valence-corrected chi connectivity index (χ0v) is 8.57. The number of ether oxygens (including phenoxy) is 1. The molecule has 1 aromatic rings. The molecule has 16 heavy (non-hydrogen) atoms. The standard InChI is InChI=1S/C8H13N3O5/c1-3-9-8(15)11(10-3)7-6(14)5(13)4(2-12)16-7/h4-7,12-14H,2H2,1H3,(H,9,10,15)/t4-,5-,6-,7-/m1/s1. The van der Waals surface area contributed by atoms with Gasteiger partial charge < -0.3 is 20.1 Å². The van der Waals surface area contributed by atoms with E-state index >= 15 is 0 Å².